The van der Waals surface area contributed by atoms with Crippen molar-refractivity contribution >= 4 is 5.78 Å². The van der Waals surface area contributed by atoms with Gasteiger partial charge in [-0.3, -0.25) is 4.79 Å². The second kappa shape index (κ2) is 5.08. The van der Waals surface area contributed by atoms with Crippen molar-refractivity contribution in [1.29, 1.82) is 0 Å². The molecule has 0 aliphatic carbocycles. The van der Waals surface area contributed by atoms with Crippen molar-refractivity contribution in [3.05, 3.63) is 40.2 Å². The number of ether oxygens (including phenoxy) is 1. The first-order valence-electron chi connectivity index (χ1n) is 7.28. The van der Waals surface area contributed by atoms with E-state index in [1.807, 2.05) is 6.92 Å². The van der Waals surface area contributed by atoms with Crippen LogP contribution in [0.3, 0.4) is 0 Å². The minimum Gasteiger partial charge on any atom is -0.461 e. The van der Waals surface area contributed by atoms with E-state index in [1.165, 1.54) is 11.1 Å². The summed E-state index contributed by atoms with van der Waals surface area (Å²) in [5.41, 5.74) is 4.51. The van der Waals surface area contributed by atoms with Crippen molar-refractivity contribution in [3.63, 3.8) is 0 Å². The molecular formula is C18H24O2. The van der Waals surface area contributed by atoms with Gasteiger partial charge in [-0.2, -0.15) is 0 Å². The Morgan fingerprint density at radius 2 is 1.95 bits per heavy atom. The minimum atomic E-state index is 0.0310. The van der Waals surface area contributed by atoms with Gasteiger partial charge < -0.3 is 4.74 Å². The molecule has 2 nitrogen and oxygen atoms in total. The van der Waals surface area contributed by atoms with Gasteiger partial charge in [0, 0.05) is 17.6 Å². The number of Topliss-reactive ketones (excluding diaryl/α,β-unsaturated/α-hetero) is 1. The van der Waals surface area contributed by atoms with Crippen LogP contribution in [0.25, 0.3) is 0 Å². The Hall–Kier alpha value is -1.57. The molecule has 0 saturated carbocycles. The average molecular weight is 272 g/mol. The molecule has 1 aliphatic rings. The van der Waals surface area contributed by atoms with Crippen molar-refractivity contribution in [2.75, 3.05) is 0 Å². The Labute approximate surface area is 121 Å². The van der Waals surface area contributed by atoms with E-state index in [2.05, 4.69) is 39.8 Å². The molecule has 0 N–H and O–H groups in total. The van der Waals surface area contributed by atoms with Crippen LogP contribution in [0.2, 0.25) is 0 Å². The summed E-state index contributed by atoms with van der Waals surface area (Å²) in [6.07, 6.45) is 1.68. The van der Waals surface area contributed by atoms with Gasteiger partial charge in [0.1, 0.15) is 11.5 Å². The molecule has 0 aromatic heterocycles. The van der Waals surface area contributed by atoms with E-state index in [1.54, 1.807) is 6.92 Å². The number of carbonyl (C=O) groups is 1. The first-order chi connectivity index (χ1) is 9.24. The van der Waals surface area contributed by atoms with Crippen molar-refractivity contribution in [3.8, 4) is 5.75 Å². The number of carbonyl (C=O) groups excluding carboxylic acids is 1. The molecule has 0 radical (unpaired) electrons. The monoisotopic (exact) mass is 272 g/mol. The van der Waals surface area contributed by atoms with E-state index in [0.717, 1.165) is 29.1 Å². The fourth-order valence-corrected chi connectivity index (χ4v) is 2.67. The van der Waals surface area contributed by atoms with E-state index < -0.39 is 0 Å². The summed E-state index contributed by atoms with van der Waals surface area (Å²) in [5.74, 6) is 1.81. The molecule has 0 amide bonds. The van der Waals surface area contributed by atoms with Gasteiger partial charge in [0.25, 0.3) is 0 Å². The molecule has 20 heavy (non-hydrogen) atoms. The molecule has 0 spiro atoms. The van der Waals surface area contributed by atoms with Crippen LogP contribution in [0.15, 0.2) is 23.5 Å². The molecule has 2 rings (SSSR count). The van der Waals surface area contributed by atoms with Gasteiger partial charge >= 0.3 is 0 Å². The van der Waals surface area contributed by atoms with Gasteiger partial charge in [0.05, 0.1) is 0 Å². The molecule has 108 valence electrons. The molecule has 1 aromatic carbocycles. The predicted molar refractivity (Wildman–Crippen MR) is 82.2 cm³/mol. The van der Waals surface area contributed by atoms with Crippen molar-refractivity contribution in [2.24, 2.45) is 0 Å². The quantitative estimate of drug-likeness (QED) is 0.800. The Balaban J connectivity index is 2.60. The standard InChI is InChI=1S/C18H24O2/c1-7-13-8-14-10-15(11(2)19)12(3)20-17(14)16(9-13)18(4,5)6/h8-9H,7,10H2,1-6H3. The van der Waals surface area contributed by atoms with E-state index >= 15 is 0 Å². The summed E-state index contributed by atoms with van der Waals surface area (Å²) in [7, 11) is 0. The van der Waals surface area contributed by atoms with Crippen molar-refractivity contribution in [1.82, 2.24) is 0 Å². The maximum absolute atomic E-state index is 11.7. The third-order valence-corrected chi connectivity index (χ3v) is 3.91. The zero-order valence-corrected chi connectivity index (χ0v) is 13.4. The number of allylic oxidation sites excluding steroid dienone is 2. The van der Waals surface area contributed by atoms with Crippen LogP contribution in [0.4, 0.5) is 0 Å². The SMILES string of the molecule is CCc1cc2c(c(C(C)(C)C)c1)OC(C)=C(C(C)=O)C2. The molecule has 1 heterocycles. The van der Waals surface area contributed by atoms with Crippen LogP contribution < -0.4 is 4.74 Å². The number of ketones is 1. The molecule has 0 atom stereocenters. The van der Waals surface area contributed by atoms with Crippen LogP contribution in [0, 0.1) is 0 Å². The summed E-state index contributed by atoms with van der Waals surface area (Å²) < 4.78 is 6.02. The van der Waals surface area contributed by atoms with Crippen LogP contribution in [0.5, 0.6) is 5.75 Å². The minimum absolute atomic E-state index is 0.0310. The van der Waals surface area contributed by atoms with Crippen molar-refractivity contribution < 1.29 is 9.53 Å². The molecule has 1 aliphatic heterocycles. The maximum atomic E-state index is 11.7. The number of hydrogen-bond acceptors (Lipinski definition) is 2. The Morgan fingerprint density at radius 1 is 1.30 bits per heavy atom. The first-order valence-corrected chi connectivity index (χ1v) is 7.28. The van der Waals surface area contributed by atoms with Gasteiger partial charge in [-0.1, -0.05) is 39.8 Å². The van der Waals surface area contributed by atoms with Crippen LogP contribution in [0.1, 0.15) is 58.2 Å². The topological polar surface area (TPSA) is 26.3 Å². The lowest BCUT2D eigenvalue weighted by molar-refractivity contribution is -0.113. The van der Waals surface area contributed by atoms with E-state index in [4.69, 9.17) is 4.74 Å². The van der Waals surface area contributed by atoms with Crippen LogP contribution in [-0.2, 0) is 23.1 Å². The Bertz CT molecular complexity index is 586. The van der Waals surface area contributed by atoms with Crippen LogP contribution >= 0.6 is 0 Å². The second-order valence-electron chi connectivity index (χ2n) is 6.60. The molecule has 0 fully saturated rings. The summed E-state index contributed by atoms with van der Waals surface area (Å²) in [6.45, 7) is 12.3. The van der Waals surface area contributed by atoms with Gasteiger partial charge in [0.15, 0.2) is 5.78 Å². The largest absolute Gasteiger partial charge is 0.461 e. The zero-order chi connectivity index (χ0) is 15.1. The molecule has 0 unspecified atom stereocenters. The highest BCUT2D eigenvalue weighted by Crippen LogP contribution is 2.40. The molecular weight excluding hydrogens is 248 g/mol. The van der Waals surface area contributed by atoms with Crippen molar-refractivity contribution in [2.45, 2.75) is 59.8 Å². The Morgan fingerprint density at radius 3 is 2.45 bits per heavy atom. The fourth-order valence-electron chi connectivity index (χ4n) is 2.67. The predicted octanol–water partition coefficient (Wildman–Crippen LogP) is 4.34. The third kappa shape index (κ3) is 2.65. The Kier molecular flexibility index (Phi) is 3.77. The van der Waals surface area contributed by atoms with Gasteiger partial charge in [0.2, 0.25) is 0 Å². The molecule has 2 heteroatoms. The lowest BCUT2D eigenvalue weighted by Crippen LogP contribution is -2.20. The number of hydrogen-bond donors (Lipinski definition) is 0. The summed E-state index contributed by atoms with van der Waals surface area (Å²) >= 11 is 0. The number of rotatable bonds is 2. The second-order valence-corrected chi connectivity index (χ2v) is 6.60. The lowest BCUT2D eigenvalue weighted by Gasteiger charge is -2.29. The summed E-state index contributed by atoms with van der Waals surface area (Å²) in [5, 5.41) is 0. The summed E-state index contributed by atoms with van der Waals surface area (Å²) in [4.78, 5) is 11.7. The first kappa shape index (κ1) is 14.8. The average Bonchev–Trinajstić information content (AvgIpc) is 2.35. The van der Waals surface area contributed by atoms with Gasteiger partial charge in [-0.15, -0.1) is 0 Å². The summed E-state index contributed by atoms with van der Waals surface area (Å²) in [6, 6.07) is 4.42. The zero-order valence-electron chi connectivity index (χ0n) is 13.4. The third-order valence-electron chi connectivity index (χ3n) is 3.91. The van der Waals surface area contributed by atoms with Crippen LogP contribution in [-0.4, -0.2) is 5.78 Å². The smallest absolute Gasteiger partial charge is 0.159 e. The van der Waals surface area contributed by atoms with E-state index in [-0.39, 0.29) is 11.2 Å². The lowest BCUT2D eigenvalue weighted by atomic mass is 9.82. The highest BCUT2D eigenvalue weighted by atomic mass is 16.5. The number of aryl methyl sites for hydroxylation is 1. The number of benzene rings is 1. The normalized spacial score (nSPS) is 14.9. The van der Waals surface area contributed by atoms with Gasteiger partial charge in [-0.25, -0.2) is 0 Å². The fraction of sp³-hybridized carbons (Fsp3) is 0.500. The highest BCUT2D eigenvalue weighted by molar-refractivity contribution is 5.94. The van der Waals surface area contributed by atoms with Gasteiger partial charge in [-0.05, 0) is 36.8 Å². The highest BCUT2D eigenvalue weighted by Gasteiger charge is 2.27. The van der Waals surface area contributed by atoms with E-state index in [0.29, 0.717) is 6.42 Å². The number of fused-ring (bicyclic) bond motifs is 1. The van der Waals surface area contributed by atoms with E-state index in [9.17, 15) is 4.79 Å². The molecule has 0 bridgehead atoms. The molecule has 1 aromatic rings. The maximum Gasteiger partial charge on any atom is 0.159 e. The molecule has 0 saturated heterocycles.